The number of ether oxygens (including phenoxy) is 1. The number of benzene rings is 6. The van der Waals surface area contributed by atoms with E-state index < -0.39 is 11.2 Å². The summed E-state index contributed by atoms with van der Waals surface area (Å²) in [4.78, 5) is 0. The van der Waals surface area contributed by atoms with Crippen molar-refractivity contribution in [1.29, 1.82) is 0 Å². The van der Waals surface area contributed by atoms with E-state index >= 15 is 0 Å². The molecule has 0 fully saturated rings. The summed E-state index contributed by atoms with van der Waals surface area (Å²) in [5, 5.41) is 0.695. The van der Waals surface area contributed by atoms with Gasteiger partial charge in [0.2, 0.25) is 0 Å². The molecule has 0 saturated carbocycles. The second kappa shape index (κ2) is 10.5. The lowest BCUT2D eigenvalue weighted by Crippen LogP contribution is -2.45. The fourth-order valence-corrected chi connectivity index (χ4v) is 8.02. The fraction of sp³-hybridized carbons (Fsp3) is 0.0698. The largest absolute Gasteiger partial charge is 0.455 e. The van der Waals surface area contributed by atoms with Crippen molar-refractivity contribution in [1.82, 2.24) is 0 Å². The summed E-state index contributed by atoms with van der Waals surface area (Å²) in [5.74, 6) is 1.40. The molecule has 0 saturated heterocycles. The third kappa shape index (κ3) is 3.75. The first-order valence-corrected chi connectivity index (χ1v) is 16.0. The van der Waals surface area contributed by atoms with Gasteiger partial charge in [0.1, 0.15) is 22.7 Å². The van der Waals surface area contributed by atoms with Gasteiger partial charge < -0.3 is 9.15 Å². The van der Waals surface area contributed by atoms with Gasteiger partial charge in [-0.3, -0.25) is 0 Å². The van der Waals surface area contributed by atoms with Gasteiger partial charge in [0.05, 0.1) is 5.92 Å². The van der Waals surface area contributed by atoms with Crippen LogP contribution in [0.15, 0.2) is 174 Å². The van der Waals surface area contributed by atoms with Gasteiger partial charge in [-0.2, -0.15) is 0 Å². The lowest BCUT2D eigenvalue weighted by atomic mass is 9.68. The van der Waals surface area contributed by atoms with Gasteiger partial charge in [-0.25, -0.2) is 0 Å². The second-order valence-corrected chi connectivity index (χ2v) is 12.5. The monoisotopic (exact) mass is 612 g/mol. The van der Waals surface area contributed by atoms with Crippen molar-refractivity contribution < 1.29 is 9.15 Å². The van der Waals surface area contributed by atoms with E-state index in [4.69, 9.17) is 20.8 Å². The first kappa shape index (κ1) is 27.2. The zero-order valence-corrected chi connectivity index (χ0v) is 25.7. The van der Waals surface area contributed by atoms with Gasteiger partial charge in [0.25, 0.3) is 0 Å². The molecule has 0 unspecified atom stereocenters. The van der Waals surface area contributed by atoms with Crippen molar-refractivity contribution >= 4 is 11.6 Å². The molecule has 0 radical (unpaired) electrons. The van der Waals surface area contributed by atoms with E-state index in [1.807, 2.05) is 24.3 Å². The van der Waals surface area contributed by atoms with Crippen molar-refractivity contribution in [3.8, 4) is 22.6 Å². The number of hydrogen-bond donors (Lipinski definition) is 0. The van der Waals surface area contributed by atoms with E-state index in [9.17, 15) is 0 Å². The number of furan rings is 1. The van der Waals surface area contributed by atoms with Crippen LogP contribution in [0.1, 0.15) is 44.9 Å². The van der Waals surface area contributed by atoms with E-state index in [0.29, 0.717) is 5.02 Å². The van der Waals surface area contributed by atoms with Crippen molar-refractivity contribution in [3.05, 3.63) is 214 Å². The zero-order valence-electron chi connectivity index (χ0n) is 24.9. The summed E-state index contributed by atoms with van der Waals surface area (Å²) < 4.78 is 15.2. The second-order valence-electron chi connectivity index (χ2n) is 12.1. The molecular formula is C43H29ClO2. The molecule has 2 heterocycles. The first-order valence-electron chi connectivity index (χ1n) is 15.7. The molecule has 1 aliphatic carbocycles. The van der Waals surface area contributed by atoms with Crippen LogP contribution in [-0.2, 0) is 15.9 Å². The molecule has 3 heteroatoms. The van der Waals surface area contributed by atoms with Crippen molar-refractivity contribution in [2.75, 3.05) is 0 Å². The highest BCUT2D eigenvalue weighted by atomic mass is 35.5. The molecule has 0 N–H and O–H groups in total. The fourth-order valence-electron chi connectivity index (χ4n) is 7.89. The van der Waals surface area contributed by atoms with E-state index in [2.05, 4.69) is 146 Å². The summed E-state index contributed by atoms with van der Waals surface area (Å²) >= 11 is 6.53. The highest BCUT2D eigenvalue weighted by Crippen LogP contribution is 2.70. The summed E-state index contributed by atoms with van der Waals surface area (Å²) in [6.45, 7) is 0. The number of halogens is 1. The Morgan fingerprint density at radius 2 is 0.978 bits per heavy atom. The van der Waals surface area contributed by atoms with Gasteiger partial charge in [-0.15, -0.1) is 0 Å². The third-order valence-corrected chi connectivity index (χ3v) is 9.92. The Labute approximate surface area is 273 Å². The molecule has 9 rings (SSSR count). The van der Waals surface area contributed by atoms with Crippen LogP contribution in [0.25, 0.3) is 22.6 Å². The summed E-state index contributed by atoms with van der Waals surface area (Å²) in [6.07, 6.45) is 0. The Bertz CT molecular complexity index is 2170. The molecule has 1 aliphatic heterocycles. The molecule has 2 bridgehead atoms. The molecule has 0 amide bonds. The summed E-state index contributed by atoms with van der Waals surface area (Å²) in [5.41, 5.74) is 7.90. The van der Waals surface area contributed by atoms with E-state index in [0.717, 1.165) is 61.6 Å². The van der Waals surface area contributed by atoms with Crippen LogP contribution in [0.4, 0.5) is 0 Å². The van der Waals surface area contributed by atoms with Gasteiger partial charge in [0, 0.05) is 27.3 Å². The van der Waals surface area contributed by atoms with Crippen LogP contribution in [0, 0.1) is 0 Å². The van der Waals surface area contributed by atoms with Gasteiger partial charge in [-0.05, 0) is 39.9 Å². The van der Waals surface area contributed by atoms with E-state index in [1.54, 1.807) is 0 Å². The average Bonchev–Trinajstić information content (AvgIpc) is 3.65. The summed E-state index contributed by atoms with van der Waals surface area (Å²) in [6, 6.07) is 59.3. The Morgan fingerprint density at radius 1 is 0.478 bits per heavy atom. The molecule has 3 atom stereocenters. The van der Waals surface area contributed by atoms with Crippen LogP contribution in [0.2, 0.25) is 5.02 Å². The highest BCUT2D eigenvalue weighted by Gasteiger charge is 2.66. The number of rotatable bonds is 5. The predicted octanol–water partition coefficient (Wildman–Crippen LogP) is 11.0. The first-order chi connectivity index (χ1) is 22.7. The molecule has 2 nitrogen and oxygen atoms in total. The van der Waals surface area contributed by atoms with Crippen LogP contribution < -0.4 is 0 Å². The number of hydrogen-bond acceptors (Lipinski definition) is 2. The van der Waals surface area contributed by atoms with E-state index in [-0.39, 0.29) is 5.92 Å². The Morgan fingerprint density at radius 3 is 1.59 bits per heavy atom. The van der Waals surface area contributed by atoms with E-state index in [1.165, 1.54) is 0 Å². The molecule has 2 aliphatic rings. The number of fused-ring (bicyclic) bond motifs is 2. The molecule has 220 valence electrons. The van der Waals surface area contributed by atoms with Crippen LogP contribution in [0.5, 0.6) is 0 Å². The van der Waals surface area contributed by atoms with Crippen molar-refractivity contribution in [2.24, 2.45) is 0 Å². The molecule has 6 aromatic carbocycles. The standard InChI is InChI=1S/C43H29ClO2/c44-34-27-25-29(26-28-34)38-37-39(41(31-17-7-2-8-18-31)45-40(37)30-15-5-1-6-16-30)43(33-21-11-4-12-22-33)36-24-14-13-23-35(36)42(38,46-43)32-19-9-3-10-20-32/h1-28,38H/t38-,42+,43-/m0/s1. The lowest BCUT2D eigenvalue weighted by Gasteiger charge is -2.47. The highest BCUT2D eigenvalue weighted by molar-refractivity contribution is 6.30. The Hall–Kier alpha value is -5.15. The quantitative estimate of drug-likeness (QED) is 0.193. The lowest BCUT2D eigenvalue weighted by molar-refractivity contribution is -0.0990. The van der Waals surface area contributed by atoms with Gasteiger partial charge in [0.15, 0.2) is 0 Å². The minimum atomic E-state index is -0.951. The Balaban J connectivity index is 1.53. The predicted molar refractivity (Wildman–Crippen MR) is 184 cm³/mol. The molecular weight excluding hydrogens is 584 g/mol. The maximum atomic E-state index is 7.96. The van der Waals surface area contributed by atoms with Crippen LogP contribution in [-0.4, -0.2) is 0 Å². The molecule has 46 heavy (non-hydrogen) atoms. The molecule has 7 aromatic rings. The van der Waals surface area contributed by atoms with Crippen LogP contribution >= 0.6 is 11.6 Å². The third-order valence-electron chi connectivity index (χ3n) is 9.67. The molecule has 1 aromatic heterocycles. The minimum absolute atomic E-state index is 0.265. The molecule has 0 spiro atoms. The van der Waals surface area contributed by atoms with Gasteiger partial charge >= 0.3 is 0 Å². The Kier molecular flexibility index (Phi) is 6.18. The smallest absolute Gasteiger partial charge is 0.149 e. The maximum Gasteiger partial charge on any atom is 0.149 e. The summed E-state index contributed by atoms with van der Waals surface area (Å²) in [7, 11) is 0. The van der Waals surface area contributed by atoms with Crippen molar-refractivity contribution in [2.45, 2.75) is 17.1 Å². The topological polar surface area (TPSA) is 22.4 Å². The maximum absolute atomic E-state index is 7.96. The van der Waals surface area contributed by atoms with Crippen LogP contribution in [0.3, 0.4) is 0 Å². The minimum Gasteiger partial charge on any atom is -0.455 e. The normalized spacial score (nSPS) is 21.0. The zero-order chi connectivity index (χ0) is 30.7. The SMILES string of the molecule is Clc1ccc([C@H]2c3c(-c4ccccc4)oc(-c4ccccc4)c3[C@@]3(c4ccccc4)O[C@]2(c2ccccc2)c2ccccc23)cc1. The van der Waals surface area contributed by atoms with Crippen molar-refractivity contribution in [3.63, 3.8) is 0 Å². The van der Waals surface area contributed by atoms with Gasteiger partial charge in [-0.1, -0.05) is 169 Å². The average molecular weight is 613 g/mol.